The molecule has 1 aliphatic carbocycles. The van der Waals surface area contributed by atoms with Crippen LogP contribution < -0.4 is 5.32 Å². The molecular weight excluding hydrogens is 318 g/mol. The number of amides is 2. The normalized spacial score (nSPS) is 22.0. The largest absolute Gasteiger partial charge is 0.373 e. The standard InChI is InChI=1S/C15H21N3O4S/c1-23(20,21)10-12-9-18(7-8-22-12)15(19)17-14-4-2-3-13(16-14)11-5-6-11/h2-4,11-12H,5-10H2,1H3,(H,16,17,19). The summed E-state index contributed by atoms with van der Waals surface area (Å²) >= 11 is 0. The molecule has 0 bridgehead atoms. The van der Waals surface area contributed by atoms with Crippen LogP contribution in [0, 0.1) is 0 Å². The number of carbonyl (C=O) groups excluding carboxylic acids is 1. The van der Waals surface area contributed by atoms with Gasteiger partial charge in [-0.05, 0) is 25.0 Å². The molecule has 126 valence electrons. The number of anilines is 1. The molecule has 1 atom stereocenters. The van der Waals surface area contributed by atoms with Crippen LogP contribution in [0.25, 0.3) is 0 Å². The number of morpholine rings is 1. The van der Waals surface area contributed by atoms with E-state index in [2.05, 4.69) is 10.3 Å². The average Bonchev–Trinajstić information content (AvgIpc) is 3.30. The Labute approximate surface area is 135 Å². The summed E-state index contributed by atoms with van der Waals surface area (Å²) in [5, 5.41) is 2.79. The number of rotatable bonds is 4. The zero-order chi connectivity index (χ0) is 16.4. The van der Waals surface area contributed by atoms with Gasteiger partial charge in [-0.1, -0.05) is 6.07 Å². The molecule has 0 radical (unpaired) electrons. The SMILES string of the molecule is CS(=O)(=O)CC1CN(C(=O)Nc2cccc(C3CC3)n2)CCO1. The molecule has 3 rings (SSSR count). The number of sulfone groups is 1. The van der Waals surface area contributed by atoms with Crippen LogP contribution in [-0.4, -0.2) is 62.1 Å². The number of urea groups is 1. The van der Waals surface area contributed by atoms with Crippen molar-refractivity contribution in [2.24, 2.45) is 0 Å². The molecular formula is C15H21N3O4S. The van der Waals surface area contributed by atoms with Crippen LogP contribution in [0.5, 0.6) is 0 Å². The quantitative estimate of drug-likeness (QED) is 0.891. The minimum atomic E-state index is -3.14. The molecule has 8 heteroatoms. The molecule has 23 heavy (non-hydrogen) atoms. The van der Waals surface area contributed by atoms with Crippen molar-refractivity contribution in [1.29, 1.82) is 0 Å². The van der Waals surface area contributed by atoms with E-state index < -0.39 is 15.9 Å². The van der Waals surface area contributed by atoms with Crippen molar-refractivity contribution in [3.05, 3.63) is 23.9 Å². The molecule has 2 fully saturated rings. The van der Waals surface area contributed by atoms with E-state index >= 15 is 0 Å². The maximum Gasteiger partial charge on any atom is 0.323 e. The summed E-state index contributed by atoms with van der Waals surface area (Å²) in [5.74, 6) is 0.978. The van der Waals surface area contributed by atoms with Gasteiger partial charge in [0.25, 0.3) is 0 Å². The minimum absolute atomic E-state index is 0.0772. The Bertz CT molecular complexity index is 688. The highest BCUT2D eigenvalue weighted by Crippen LogP contribution is 2.39. The molecule has 1 aliphatic heterocycles. The van der Waals surface area contributed by atoms with Gasteiger partial charge in [-0.3, -0.25) is 5.32 Å². The van der Waals surface area contributed by atoms with Gasteiger partial charge < -0.3 is 9.64 Å². The lowest BCUT2D eigenvalue weighted by Gasteiger charge is -2.32. The lowest BCUT2D eigenvalue weighted by molar-refractivity contribution is 0.000446. The second kappa shape index (κ2) is 6.45. The number of aromatic nitrogens is 1. The lowest BCUT2D eigenvalue weighted by Crippen LogP contribution is -2.49. The Morgan fingerprint density at radius 3 is 2.91 bits per heavy atom. The van der Waals surface area contributed by atoms with Crippen LogP contribution in [0.1, 0.15) is 24.5 Å². The Balaban J connectivity index is 1.60. The van der Waals surface area contributed by atoms with Crippen molar-refractivity contribution in [2.45, 2.75) is 24.9 Å². The van der Waals surface area contributed by atoms with Gasteiger partial charge in [0.1, 0.15) is 15.7 Å². The number of nitrogens with zero attached hydrogens (tertiary/aromatic N) is 2. The fourth-order valence-electron chi connectivity index (χ4n) is 2.66. The predicted octanol–water partition coefficient (Wildman–Crippen LogP) is 1.24. The first-order valence-corrected chi connectivity index (χ1v) is 9.79. The summed E-state index contributed by atoms with van der Waals surface area (Å²) in [5.41, 5.74) is 1.01. The third-order valence-electron chi connectivity index (χ3n) is 3.92. The van der Waals surface area contributed by atoms with Crippen molar-refractivity contribution in [2.75, 3.05) is 37.0 Å². The maximum atomic E-state index is 12.3. The van der Waals surface area contributed by atoms with Crippen molar-refractivity contribution < 1.29 is 17.9 Å². The molecule has 1 aromatic heterocycles. The molecule has 0 spiro atoms. The summed E-state index contributed by atoms with van der Waals surface area (Å²) in [4.78, 5) is 18.4. The zero-order valence-electron chi connectivity index (χ0n) is 13.1. The molecule has 1 N–H and O–H groups in total. The lowest BCUT2D eigenvalue weighted by atomic mass is 10.2. The Morgan fingerprint density at radius 1 is 1.43 bits per heavy atom. The van der Waals surface area contributed by atoms with Gasteiger partial charge >= 0.3 is 6.03 Å². The van der Waals surface area contributed by atoms with Crippen LogP contribution in [0.4, 0.5) is 10.6 Å². The number of pyridine rings is 1. The monoisotopic (exact) mass is 339 g/mol. The van der Waals surface area contributed by atoms with Crippen LogP contribution in [0.3, 0.4) is 0 Å². The molecule has 1 saturated carbocycles. The van der Waals surface area contributed by atoms with Crippen molar-refractivity contribution >= 4 is 21.7 Å². The third kappa shape index (κ3) is 4.65. The topological polar surface area (TPSA) is 88.6 Å². The van der Waals surface area contributed by atoms with E-state index in [1.165, 1.54) is 6.26 Å². The Morgan fingerprint density at radius 2 is 2.22 bits per heavy atom. The molecule has 2 heterocycles. The van der Waals surface area contributed by atoms with E-state index in [-0.39, 0.29) is 18.3 Å². The predicted molar refractivity (Wildman–Crippen MR) is 86.3 cm³/mol. The molecule has 1 saturated heterocycles. The second-order valence-electron chi connectivity index (χ2n) is 6.18. The van der Waals surface area contributed by atoms with Gasteiger partial charge in [-0.25, -0.2) is 18.2 Å². The number of carbonyl (C=O) groups is 1. The maximum absolute atomic E-state index is 12.3. The summed E-state index contributed by atoms with van der Waals surface area (Å²) in [6, 6.07) is 5.36. The summed E-state index contributed by atoms with van der Waals surface area (Å²) < 4.78 is 28.2. The number of hydrogen-bond donors (Lipinski definition) is 1. The van der Waals surface area contributed by atoms with E-state index in [0.717, 1.165) is 18.5 Å². The average molecular weight is 339 g/mol. The van der Waals surface area contributed by atoms with Crippen molar-refractivity contribution in [1.82, 2.24) is 9.88 Å². The van der Waals surface area contributed by atoms with Gasteiger partial charge in [0.2, 0.25) is 0 Å². The molecule has 2 amide bonds. The van der Waals surface area contributed by atoms with Crippen molar-refractivity contribution in [3.8, 4) is 0 Å². The molecule has 1 unspecified atom stereocenters. The highest BCUT2D eigenvalue weighted by atomic mass is 32.2. The molecule has 0 aromatic carbocycles. The molecule has 1 aromatic rings. The van der Waals surface area contributed by atoms with Gasteiger partial charge in [0.15, 0.2) is 0 Å². The first-order valence-electron chi connectivity index (χ1n) is 7.73. The number of ether oxygens (including phenoxy) is 1. The van der Waals surface area contributed by atoms with Gasteiger partial charge in [-0.15, -0.1) is 0 Å². The summed E-state index contributed by atoms with van der Waals surface area (Å²) in [6.07, 6.45) is 3.00. The van der Waals surface area contributed by atoms with Gasteiger partial charge in [0, 0.05) is 31.0 Å². The molecule has 2 aliphatic rings. The highest BCUT2D eigenvalue weighted by Gasteiger charge is 2.28. The van der Waals surface area contributed by atoms with E-state index in [1.807, 2.05) is 12.1 Å². The van der Waals surface area contributed by atoms with Crippen LogP contribution in [0.2, 0.25) is 0 Å². The Kier molecular flexibility index (Phi) is 4.54. The van der Waals surface area contributed by atoms with Crippen LogP contribution in [-0.2, 0) is 14.6 Å². The third-order valence-corrected chi connectivity index (χ3v) is 4.89. The van der Waals surface area contributed by atoms with E-state index in [0.29, 0.717) is 24.9 Å². The first kappa shape index (κ1) is 16.2. The smallest absolute Gasteiger partial charge is 0.323 e. The van der Waals surface area contributed by atoms with Crippen molar-refractivity contribution in [3.63, 3.8) is 0 Å². The van der Waals surface area contributed by atoms with E-state index in [9.17, 15) is 13.2 Å². The van der Waals surface area contributed by atoms with E-state index in [4.69, 9.17) is 4.74 Å². The minimum Gasteiger partial charge on any atom is -0.373 e. The number of hydrogen-bond acceptors (Lipinski definition) is 5. The first-order chi connectivity index (χ1) is 10.9. The fraction of sp³-hybridized carbons (Fsp3) is 0.600. The van der Waals surface area contributed by atoms with E-state index in [1.54, 1.807) is 11.0 Å². The zero-order valence-corrected chi connectivity index (χ0v) is 13.9. The fourth-order valence-corrected chi connectivity index (χ4v) is 3.54. The van der Waals surface area contributed by atoms with Gasteiger partial charge in [0.05, 0.1) is 18.5 Å². The van der Waals surface area contributed by atoms with Crippen LogP contribution in [0.15, 0.2) is 18.2 Å². The Hall–Kier alpha value is -1.67. The van der Waals surface area contributed by atoms with Crippen LogP contribution >= 0.6 is 0 Å². The molecule has 7 nitrogen and oxygen atoms in total. The summed E-state index contributed by atoms with van der Waals surface area (Å²) in [7, 11) is -3.14. The number of nitrogens with one attached hydrogen (secondary N) is 1. The highest BCUT2D eigenvalue weighted by molar-refractivity contribution is 7.90. The van der Waals surface area contributed by atoms with Gasteiger partial charge in [-0.2, -0.15) is 0 Å². The summed E-state index contributed by atoms with van der Waals surface area (Å²) in [6.45, 7) is 1.04. The second-order valence-corrected chi connectivity index (χ2v) is 8.37.